The Kier molecular flexibility index (Phi) is 4.48. The lowest BCUT2D eigenvalue weighted by atomic mass is 10.0. The quantitative estimate of drug-likeness (QED) is 0.659. The topological polar surface area (TPSA) is 55.2 Å². The maximum Gasteiger partial charge on any atom is 0.274 e. The van der Waals surface area contributed by atoms with E-state index in [0.29, 0.717) is 5.56 Å². The summed E-state index contributed by atoms with van der Waals surface area (Å²) in [5.74, 6) is 0. The number of nitro groups is 1. The fraction of sp³-hybridized carbons (Fsp3) is 0.250. The smallest absolute Gasteiger partial charge is 0.274 e. The zero-order valence-corrected chi connectivity index (χ0v) is 11.6. The van der Waals surface area contributed by atoms with Crippen LogP contribution in [0.4, 0.5) is 5.69 Å². The van der Waals surface area contributed by atoms with Gasteiger partial charge in [-0.3, -0.25) is 10.1 Å². The van der Waals surface area contributed by atoms with Gasteiger partial charge in [0.2, 0.25) is 0 Å². The highest BCUT2D eigenvalue weighted by molar-refractivity contribution is 5.41. The Balaban J connectivity index is 2.16. The number of hydrogen-bond donors (Lipinski definition) is 1. The molecule has 0 aromatic heterocycles. The summed E-state index contributed by atoms with van der Waals surface area (Å²) < 4.78 is 0. The number of benzene rings is 2. The van der Waals surface area contributed by atoms with Gasteiger partial charge in [-0.2, -0.15) is 0 Å². The number of hydrogen-bond acceptors (Lipinski definition) is 3. The van der Waals surface area contributed by atoms with E-state index in [1.807, 2.05) is 43.3 Å². The summed E-state index contributed by atoms with van der Waals surface area (Å²) in [5.41, 5.74) is 2.03. The molecule has 4 nitrogen and oxygen atoms in total. The van der Waals surface area contributed by atoms with Crippen LogP contribution in [0.25, 0.3) is 0 Å². The van der Waals surface area contributed by atoms with Crippen LogP contribution in [0.1, 0.15) is 37.1 Å². The Labute approximate surface area is 118 Å². The third-order valence-corrected chi connectivity index (χ3v) is 3.40. The molecule has 20 heavy (non-hydrogen) atoms. The van der Waals surface area contributed by atoms with Crippen molar-refractivity contribution in [1.82, 2.24) is 5.32 Å². The molecule has 2 aromatic rings. The SMILES string of the molecule is CC(NC(C)c1ccccc1[N+](=O)[O-])c1ccccc1. The fourth-order valence-corrected chi connectivity index (χ4v) is 2.32. The Morgan fingerprint density at radius 3 is 2.20 bits per heavy atom. The normalized spacial score (nSPS) is 13.7. The summed E-state index contributed by atoms with van der Waals surface area (Å²) in [6, 6.07) is 16.9. The first-order valence-corrected chi connectivity index (χ1v) is 6.64. The van der Waals surface area contributed by atoms with E-state index in [9.17, 15) is 10.1 Å². The Morgan fingerprint density at radius 1 is 0.950 bits per heavy atom. The first-order valence-electron chi connectivity index (χ1n) is 6.64. The molecule has 0 aliphatic rings. The minimum Gasteiger partial charge on any atom is -0.303 e. The van der Waals surface area contributed by atoms with Crippen LogP contribution in [0.15, 0.2) is 54.6 Å². The summed E-state index contributed by atoms with van der Waals surface area (Å²) in [5, 5.41) is 14.5. The van der Waals surface area contributed by atoms with Gasteiger partial charge in [0.1, 0.15) is 0 Å². The number of nitrogens with one attached hydrogen (secondary N) is 1. The largest absolute Gasteiger partial charge is 0.303 e. The highest BCUT2D eigenvalue weighted by atomic mass is 16.6. The van der Waals surface area contributed by atoms with Gasteiger partial charge in [-0.1, -0.05) is 48.5 Å². The van der Waals surface area contributed by atoms with Crippen LogP contribution >= 0.6 is 0 Å². The highest BCUT2D eigenvalue weighted by Gasteiger charge is 2.19. The van der Waals surface area contributed by atoms with Gasteiger partial charge in [-0.05, 0) is 19.4 Å². The fourth-order valence-electron chi connectivity index (χ4n) is 2.32. The van der Waals surface area contributed by atoms with Gasteiger partial charge < -0.3 is 5.32 Å². The molecule has 0 aliphatic carbocycles. The minimum atomic E-state index is -0.333. The summed E-state index contributed by atoms with van der Waals surface area (Å²) in [4.78, 5) is 10.7. The zero-order chi connectivity index (χ0) is 14.5. The van der Waals surface area contributed by atoms with E-state index >= 15 is 0 Å². The van der Waals surface area contributed by atoms with E-state index in [2.05, 4.69) is 12.2 Å². The standard InChI is InChI=1S/C16H18N2O2/c1-12(14-8-4-3-5-9-14)17-13(2)15-10-6-7-11-16(15)18(19)20/h3-13,17H,1-2H3. The molecule has 2 rings (SSSR count). The molecule has 0 radical (unpaired) electrons. The zero-order valence-electron chi connectivity index (χ0n) is 11.6. The highest BCUT2D eigenvalue weighted by Crippen LogP contribution is 2.26. The number of para-hydroxylation sites is 1. The average molecular weight is 270 g/mol. The van der Waals surface area contributed by atoms with Crippen molar-refractivity contribution in [1.29, 1.82) is 0 Å². The summed E-state index contributed by atoms with van der Waals surface area (Å²) >= 11 is 0. The van der Waals surface area contributed by atoms with Crippen molar-refractivity contribution < 1.29 is 4.92 Å². The molecule has 104 valence electrons. The summed E-state index contributed by atoms with van der Waals surface area (Å²) in [6.45, 7) is 4.00. The second kappa shape index (κ2) is 6.30. The van der Waals surface area contributed by atoms with Gasteiger partial charge in [0, 0.05) is 23.7 Å². The molecule has 0 spiro atoms. The van der Waals surface area contributed by atoms with Gasteiger partial charge >= 0.3 is 0 Å². The molecule has 2 aromatic carbocycles. The maximum atomic E-state index is 11.1. The molecule has 4 heteroatoms. The van der Waals surface area contributed by atoms with Crippen LogP contribution in [0, 0.1) is 10.1 Å². The maximum absolute atomic E-state index is 11.1. The van der Waals surface area contributed by atoms with Crippen molar-refractivity contribution >= 4 is 5.69 Å². The van der Waals surface area contributed by atoms with E-state index in [4.69, 9.17) is 0 Å². The molecule has 0 saturated carbocycles. The molecule has 0 aliphatic heterocycles. The molecule has 0 bridgehead atoms. The van der Waals surface area contributed by atoms with Crippen molar-refractivity contribution in [3.05, 3.63) is 75.8 Å². The van der Waals surface area contributed by atoms with Crippen molar-refractivity contribution in [2.75, 3.05) is 0 Å². The van der Waals surface area contributed by atoms with Gasteiger partial charge in [-0.25, -0.2) is 0 Å². The van der Waals surface area contributed by atoms with Gasteiger partial charge in [0.05, 0.1) is 4.92 Å². The minimum absolute atomic E-state index is 0.0909. The van der Waals surface area contributed by atoms with Crippen LogP contribution in [0.5, 0.6) is 0 Å². The van der Waals surface area contributed by atoms with Crippen LogP contribution in [-0.4, -0.2) is 4.92 Å². The molecule has 2 atom stereocenters. The summed E-state index contributed by atoms with van der Waals surface area (Å²) in [6.07, 6.45) is 0. The monoisotopic (exact) mass is 270 g/mol. The van der Waals surface area contributed by atoms with Gasteiger partial charge in [0.15, 0.2) is 0 Å². The van der Waals surface area contributed by atoms with E-state index in [1.165, 1.54) is 0 Å². The van der Waals surface area contributed by atoms with Gasteiger partial charge in [0.25, 0.3) is 5.69 Å². The molecule has 0 heterocycles. The van der Waals surface area contributed by atoms with Crippen molar-refractivity contribution in [2.24, 2.45) is 0 Å². The van der Waals surface area contributed by atoms with Crippen molar-refractivity contribution in [2.45, 2.75) is 25.9 Å². The summed E-state index contributed by atoms with van der Waals surface area (Å²) in [7, 11) is 0. The van der Waals surface area contributed by atoms with Crippen molar-refractivity contribution in [3.8, 4) is 0 Å². The van der Waals surface area contributed by atoms with Gasteiger partial charge in [-0.15, -0.1) is 0 Å². The van der Waals surface area contributed by atoms with E-state index in [-0.39, 0.29) is 22.7 Å². The van der Waals surface area contributed by atoms with Crippen LogP contribution in [-0.2, 0) is 0 Å². The van der Waals surface area contributed by atoms with E-state index in [1.54, 1.807) is 18.2 Å². The van der Waals surface area contributed by atoms with Crippen molar-refractivity contribution in [3.63, 3.8) is 0 Å². The van der Waals surface area contributed by atoms with E-state index in [0.717, 1.165) is 5.56 Å². The molecular formula is C16H18N2O2. The van der Waals surface area contributed by atoms with E-state index < -0.39 is 0 Å². The molecule has 1 N–H and O–H groups in total. The first kappa shape index (κ1) is 14.2. The number of rotatable bonds is 5. The molecule has 0 saturated heterocycles. The molecule has 0 fully saturated rings. The molecule has 0 amide bonds. The lowest BCUT2D eigenvalue weighted by Crippen LogP contribution is -2.23. The third-order valence-electron chi connectivity index (χ3n) is 3.40. The number of nitrogens with zero attached hydrogens (tertiary/aromatic N) is 1. The Bertz CT molecular complexity index is 584. The molecular weight excluding hydrogens is 252 g/mol. The lowest BCUT2D eigenvalue weighted by Gasteiger charge is -2.20. The average Bonchev–Trinajstić information content (AvgIpc) is 2.48. The molecule has 2 unspecified atom stereocenters. The Hall–Kier alpha value is -2.20. The Morgan fingerprint density at radius 2 is 1.55 bits per heavy atom. The lowest BCUT2D eigenvalue weighted by molar-refractivity contribution is -0.385. The second-order valence-corrected chi connectivity index (χ2v) is 4.84. The van der Waals surface area contributed by atoms with Crippen LogP contribution in [0.2, 0.25) is 0 Å². The third kappa shape index (κ3) is 3.22. The predicted octanol–water partition coefficient (Wildman–Crippen LogP) is 4.01. The number of nitro benzene ring substituents is 1. The first-order chi connectivity index (χ1) is 9.59. The predicted molar refractivity (Wildman–Crippen MR) is 79.5 cm³/mol. The van der Waals surface area contributed by atoms with Crippen LogP contribution < -0.4 is 5.32 Å². The second-order valence-electron chi connectivity index (χ2n) is 4.84. The van der Waals surface area contributed by atoms with Crippen LogP contribution in [0.3, 0.4) is 0 Å².